The molecule has 0 saturated heterocycles. The van der Waals surface area contributed by atoms with Crippen molar-refractivity contribution in [3.05, 3.63) is 29.8 Å². The molecule has 0 N–H and O–H groups in total. The van der Waals surface area contributed by atoms with E-state index in [1.165, 1.54) is 25.7 Å². The maximum atomic E-state index is 5.06. The van der Waals surface area contributed by atoms with Gasteiger partial charge in [-0.2, -0.15) is 0 Å². The number of benzene rings is 1. The first kappa shape index (κ1) is 12.6. The summed E-state index contributed by atoms with van der Waals surface area (Å²) in [5, 5.41) is 0. The molecule has 0 spiro atoms. The van der Waals surface area contributed by atoms with Gasteiger partial charge in [-0.3, -0.25) is 0 Å². The highest BCUT2D eigenvalue weighted by Gasteiger charge is 2.17. The van der Waals surface area contributed by atoms with Crippen LogP contribution < -0.4 is 4.74 Å². The third kappa shape index (κ3) is 4.56. The fourth-order valence-corrected chi connectivity index (χ4v) is 1.34. The van der Waals surface area contributed by atoms with Crippen LogP contribution >= 0.6 is 0 Å². The van der Waals surface area contributed by atoms with Crippen molar-refractivity contribution < 1.29 is 4.74 Å². The van der Waals surface area contributed by atoms with Crippen LogP contribution in [0.4, 0.5) is 0 Å². The van der Waals surface area contributed by atoms with Gasteiger partial charge < -0.3 is 4.74 Å². The van der Waals surface area contributed by atoms with Crippen molar-refractivity contribution >= 4 is 0 Å². The summed E-state index contributed by atoms with van der Waals surface area (Å²) in [5.74, 6) is 11.2. The summed E-state index contributed by atoms with van der Waals surface area (Å²) in [4.78, 5) is 0. The Kier molecular flexibility index (Phi) is 4.32. The second-order valence-electron chi connectivity index (χ2n) is 4.71. The molecule has 1 aromatic carbocycles. The molecule has 1 nitrogen and oxygen atoms in total. The lowest BCUT2D eigenvalue weighted by Crippen LogP contribution is -1.81. The van der Waals surface area contributed by atoms with Gasteiger partial charge in [-0.25, -0.2) is 0 Å². The Morgan fingerprint density at radius 2 is 1.67 bits per heavy atom. The highest BCUT2D eigenvalue weighted by molar-refractivity contribution is 5.38. The standard InChI is InChI=1S/C12H12O.C5H6/c1-13-12-8-6-11(7-9-12)5-4-10-2-3-10;1-2-5-3-4-5/h6-10H,2-3H2,1H3;1,5H,3-4H2. The third-order valence-corrected chi connectivity index (χ3v) is 2.90. The Morgan fingerprint density at radius 1 is 1.06 bits per heavy atom. The Hall–Kier alpha value is -1.86. The molecule has 92 valence electrons. The van der Waals surface area contributed by atoms with E-state index in [0.29, 0.717) is 11.8 Å². The average molecular weight is 238 g/mol. The zero-order valence-corrected chi connectivity index (χ0v) is 10.8. The van der Waals surface area contributed by atoms with Crippen LogP contribution in [-0.2, 0) is 0 Å². The van der Waals surface area contributed by atoms with Gasteiger partial charge in [0.05, 0.1) is 7.11 Å². The van der Waals surface area contributed by atoms with Crippen molar-refractivity contribution in [2.24, 2.45) is 11.8 Å². The maximum Gasteiger partial charge on any atom is 0.118 e. The average Bonchev–Trinajstić information content (AvgIpc) is 3.32. The zero-order chi connectivity index (χ0) is 12.8. The van der Waals surface area contributed by atoms with Gasteiger partial charge in [0.15, 0.2) is 0 Å². The molecule has 2 fully saturated rings. The quantitative estimate of drug-likeness (QED) is 0.681. The van der Waals surface area contributed by atoms with Crippen molar-refractivity contribution in [3.63, 3.8) is 0 Å². The summed E-state index contributed by atoms with van der Waals surface area (Å²) in [6, 6.07) is 7.87. The molecule has 0 bridgehead atoms. The van der Waals surface area contributed by atoms with Crippen molar-refractivity contribution in [1.82, 2.24) is 0 Å². The van der Waals surface area contributed by atoms with E-state index in [4.69, 9.17) is 11.2 Å². The van der Waals surface area contributed by atoms with Crippen LogP contribution in [0.3, 0.4) is 0 Å². The SMILES string of the molecule is C#CC1CC1.COc1ccc(C#CC2CC2)cc1. The van der Waals surface area contributed by atoms with Crippen LogP contribution in [0.15, 0.2) is 24.3 Å². The molecular formula is C17H18O. The number of hydrogen-bond acceptors (Lipinski definition) is 1. The highest BCUT2D eigenvalue weighted by atomic mass is 16.5. The molecule has 3 rings (SSSR count). The Balaban J connectivity index is 0.000000202. The third-order valence-electron chi connectivity index (χ3n) is 2.90. The molecule has 1 heteroatoms. The van der Waals surface area contributed by atoms with Gasteiger partial charge in [-0.1, -0.05) is 11.8 Å². The monoisotopic (exact) mass is 238 g/mol. The van der Waals surface area contributed by atoms with E-state index in [9.17, 15) is 0 Å². The first-order chi connectivity index (χ1) is 8.81. The maximum absolute atomic E-state index is 5.06. The number of hydrogen-bond donors (Lipinski definition) is 0. The van der Waals surface area contributed by atoms with Crippen LogP contribution in [0.2, 0.25) is 0 Å². The Labute approximate surface area is 110 Å². The summed E-state index contributed by atoms with van der Waals surface area (Å²) >= 11 is 0. The molecule has 2 aliphatic rings. The summed E-state index contributed by atoms with van der Waals surface area (Å²) in [6.07, 6.45) is 10.1. The number of rotatable bonds is 1. The lowest BCUT2D eigenvalue weighted by molar-refractivity contribution is 0.415. The molecule has 2 saturated carbocycles. The molecule has 0 heterocycles. The summed E-state index contributed by atoms with van der Waals surface area (Å²) in [5.41, 5.74) is 1.08. The number of terminal acetylenes is 1. The van der Waals surface area contributed by atoms with Crippen LogP contribution in [-0.4, -0.2) is 7.11 Å². The fourth-order valence-electron chi connectivity index (χ4n) is 1.34. The van der Waals surface area contributed by atoms with Crippen LogP contribution in [0.25, 0.3) is 0 Å². The van der Waals surface area contributed by atoms with E-state index in [1.807, 2.05) is 24.3 Å². The Morgan fingerprint density at radius 3 is 2.06 bits per heavy atom. The molecule has 0 unspecified atom stereocenters. The number of ether oxygens (including phenoxy) is 1. The van der Waals surface area contributed by atoms with Crippen LogP contribution in [0.1, 0.15) is 31.2 Å². The van der Waals surface area contributed by atoms with Gasteiger partial charge in [0.1, 0.15) is 5.75 Å². The van der Waals surface area contributed by atoms with Crippen molar-refractivity contribution in [3.8, 4) is 29.9 Å². The van der Waals surface area contributed by atoms with E-state index >= 15 is 0 Å². The summed E-state index contributed by atoms with van der Waals surface area (Å²) in [7, 11) is 1.67. The van der Waals surface area contributed by atoms with Crippen molar-refractivity contribution in [2.45, 2.75) is 25.7 Å². The zero-order valence-electron chi connectivity index (χ0n) is 10.8. The van der Waals surface area contributed by atoms with Gasteiger partial charge in [0.25, 0.3) is 0 Å². The molecule has 0 aliphatic heterocycles. The van der Waals surface area contributed by atoms with Crippen molar-refractivity contribution in [2.75, 3.05) is 7.11 Å². The summed E-state index contributed by atoms with van der Waals surface area (Å²) < 4.78 is 5.06. The van der Waals surface area contributed by atoms with E-state index in [0.717, 1.165) is 11.3 Å². The van der Waals surface area contributed by atoms with E-state index in [1.54, 1.807) is 7.11 Å². The Bertz CT molecular complexity index is 473. The smallest absolute Gasteiger partial charge is 0.118 e. The van der Waals surface area contributed by atoms with Gasteiger partial charge in [-0.05, 0) is 49.9 Å². The molecule has 18 heavy (non-hydrogen) atoms. The minimum absolute atomic E-state index is 0.662. The van der Waals surface area contributed by atoms with Gasteiger partial charge in [-0.15, -0.1) is 12.3 Å². The normalized spacial score (nSPS) is 16.4. The van der Waals surface area contributed by atoms with E-state index in [-0.39, 0.29) is 0 Å². The lowest BCUT2D eigenvalue weighted by Gasteiger charge is -1.97. The molecule has 0 atom stereocenters. The minimum Gasteiger partial charge on any atom is -0.497 e. The molecule has 0 radical (unpaired) electrons. The van der Waals surface area contributed by atoms with Gasteiger partial charge >= 0.3 is 0 Å². The van der Waals surface area contributed by atoms with Crippen LogP contribution in [0.5, 0.6) is 5.75 Å². The molecule has 0 aromatic heterocycles. The largest absolute Gasteiger partial charge is 0.497 e. The second kappa shape index (κ2) is 6.18. The second-order valence-corrected chi connectivity index (χ2v) is 4.71. The summed E-state index contributed by atoms with van der Waals surface area (Å²) in [6.45, 7) is 0. The van der Waals surface area contributed by atoms with E-state index in [2.05, 4.69) is 17.8 Å². The fraction of sp³-hybridized carbons (Fsp3) is 0.412. The molecule has 1 aromatic rings. The van der Waals surface area contributed by atoms with Gasteiger partial charge in [0, 0.05) is 17.4 Å². The number of methoxy groups -OCH3 is 1. The predicted molar refractivity (Wildman–Crippen MR) is 74.2 cm³/mol. The first-order valence-electron chi connectivity index (χ1n) is 6.43. The molecule has 0 amide bonds. The lowest BCUT2D eigenvalue weighted by atomic mass is 10.2. The van der Waals surface area contributed by atoms with Gasteiger partial charge in [0.2, 0.25) is 0 Å². The van der Waals surface area contributed by atoms with E-state index < -0.39 is 0 Å². The minimum atomic E-state index is 0.662. The van der Waals surface area contributed by atoms with Crippen LogP contribution in [0, 0.1) is 36.0 Å². The first-order valence-corrected chi connectivity index (χ1v) is 6.43. The molecular weight excluding hydrogens is 220 g/mol. The highest BCUT2D eigenvalue weighted by Crippen LogP contribution is 2.27. The van der Waals surface area contributed by atoms with Crippen molar-refractivity contribution in [1.29, 1.82) is 0 Å². The molecule has 2 aliphatic carbocycles. The topological polar surface area (TPSA) is 9.23 Å². The predicted octanol–water partition coefficient (Wildman–Crippen LogP) is 3.49.